The molecule has 1 saturated heterocycles. The highest BCUT2D eigenvalue weighted by Crippen LogP contribution is 2.30. The molecule has 10 heteroatoms. The molecular formula is C26H33ClFN3O5. The second-order valence-corrected chi connectivity index (χ2v) is 9.22. The van der Waals surface area contributed by atoms with E-state index in [0.29, 0.717) is 28.6 Å². The van der Waals surface area contributed by atoms with Gasteiger partial charge in [-0.15, -0.1) is 0 Å². The predicted octanol–water partition coefficient (Wildman–Crippen LogP) is 3.99. The van der Waals surface area contributed by atoms with Crippen molar-refractivity contribution in [3.05, 3.63) is 70.0 Å². The molecule has 0 aromatic heterocycles. The van der Waals surface area contributed by atoms with Gasteiger partial charge >= 0.3 is 6.09 Å². The van der Waals surface area contributed by atoms with Crippen molar-refractivity contribution >= 4 is 23.6 Å². The van der Waals surface area contributed by atoms with Crippen LogP contribution in [0.15, 0.2) is 42.5 Å². The van der Waals surface area contributed by atoms with Crippen LogP contribution in [0.25, 0.3) is 0 Å². The van der Waals surface area contributed by atoms with E-state index in [4.69, 9.17) is 26.2 Å². The third-order valence-electron chi connectivity index (χ3n) is 6.14. The lowest BCUT2D eigenvalue weighted by Crippen LogP contribution is -2.41. The summed E-state index contributed by atoms with van der Waals surface area (Å²) in [5, 5.41) is 17.6. The topological polar surface area (TPSA) is 109 Å². The number of ether oxygens (including phenoxy) is 2. The number of hydrogen-bond donors (Lipinski definition) is 4. The fraction of sp³-hybridized carbons (Fsp3) is 0.462. The van der Waals surface area contributed by atoms with Gasteiger partial charge in [0.1, 0.15) is 11.9 Å². The maximum absolute atomic E-state index is 15.0. The third-order valence-corrected chi connectivity index (χ3v) is 6.38. The number of halogens is 2. The largest absolute Gasteiger partial charge is 0.465 e. The minimum atomic E-state index is -1.18. The van der Waals surface area contributed by atoms with Crippen molar-refractivity contribution < 1.29 is 28.6 Å². The van der Waals surface area contributed by atoms with Crippen LogP contribution in [-0.4, -0.2) is 63.1 Å². The van der Waals surface area contributed by atoms with Gasteiger partial charge in [-0.25, -0.2) is 9.18 Å². The van der Waals surface area contributed by atoms with Gasteiger partial charge in [-0.1, -0.05) is 23.7 Å². The molecule has 0 bridgehead atoms. The van der Waals surface area contributed by atoms with Crippen LogP contribution in [0.2, 0.25) is 5.02 Å². The molecular weight excluding hydrogens is 489 g/mol. The Kier molecular flexibility index (Phi) is 10.9. The summed E-state index contributed by atoms with van der Waals surface area (Å²) in [6, 6.07) is 11.0. The van der Waals surface area contributed by atoms with Gasteiger partial charge in [0, 0.05) is 48.5 Å². The highest BCUT2D eigenvalue weighted by Gasteiger charge is 2.23. The zero-order chi connectivity index (χ0) is 25.9. The molecule has 36 heavy (non-hydrogen) atoms. The minimum absolute atomic E-state index is 0.00588. The first kappa shape index (κ1) is 27.9. The van der Waals surface area contributed by atoms with Crippen LogP contribution in [0.4, 0.5) is 9.18 Å². The van der Waals surface area contributed by atoms with Crippen LogP contribution in [0.5, 0.6) is 0 Å². The number of nitrogens with one attached hydrogen (secondary N) is 3. The summed E-state index contributed by atoms with van der Waals surface area (Å²) < 4.78 is 26.4. The number of carbonyl (C=O) groups excluding carboxylic acids is 1. The Bertz CT molecular complexity index is 1020. The summed E-state index contributed by atoms with van der Waals surface area (Å²) in [6.07, 6.45) is 0.983. The second kappa shape index (κ2) is 14.1. The molecule has 1 unspecified atom stereocenters. The van der Waals surface area contributed by atoms with Crippen molar-refractivity contribution in [1.82, 2.24) is 16.0 Å². The van der Waals surface area contributed by atoms with Gasteiger partial charge in [-0.2, -0.15) is 0 Å². The SMILES string of the molecule is CN[C@@H](CNC(=O)c1ccc(F)c(C(OCCNC(=O)O)c2cccc(Cl)c2)c1)C[C@H]1CCCOC1. The van der Waals surface area contributed by atoms with E-state index in [1.807, 2.05) is 7.05 Å². The van der Waals surface area contributed by atoms with Gasteiger partial charge in [0.05, 0.1) is 6.61 Å². The summed E-state index contributed by atoms with van der Waals surface area (Å²) in [6.45, 7) is 1.98. The predicted molar refractivity (Wildman–Crippen MR) is 135 cm³/mol. The summed E-state index contributed by atoms with van der Waals surface area (Å²) in [7, 11) is 1.86. The monoisotopic (exact) mass is 521 g/mol. The van der Waals surface area contributed by atoms with Gasteiger partial charge in [0.25, 0.3) is 5.91 Å². The Labute approximate surface area is 215 Å². The van der Waals surface area contributed by atoms with Gasteiger partial charge in [-0.3, -0.25) is 4.79 Å². The third kappa shape index (κ3) is 8.44. The Morgan fingerprint density at radius 2 is 2.08 bits per heavy atom. The zero-order valence-electron chi connectivity index (χ0n) is 20.3. The molecule has 2 amide bonds. The molecule has 1 fully saturated rings. The fourth-order valence-corrected chi connectivity index (χ4v) is 4.47. The Morgan fingerprint density at radius 3 is 2.78 bits per heavy atom. The van der Waals surface area contributed by atoms with Gasteiger partial charge < -0.3 is 30.5 Å². The molecule has 3 atom stereocenters. The smallest absolute Gasteiger partial charge is 0.404 e. The normalized spacial score (nSPS) is 17.2. The minimum Gasteiger partial charge on any atom is -0.465 e. The summed E-state index contributed by atoms with van der Waals surface area (Å²) in [5.41, 5.74) is 1.03. The van der Waals surface area contributed by atoms with E-state index in [9.17, 15) is 14.0 Å². The first-order valence-electron chi connectivity index (χ1n) is 12.0. The summed E-state index contributed by atoms with van der Waals surface area (Å²) in [4.78, 5) is 23.7. The highest BCUT2D eigenvalue weighted by molar-refractivity contribution is 6.30. The van der Waals surface area contributed by atoms with Crippen molar-refractivity contribution in [3.8, 4) is 0 Å². The molecule has 2 aromatic carbocycles. The maximum atomic E-state index is 15.0. The Hall–Kier alpha value is -2.72. The van der Waals surface area contributed by atoms with Crippen LogP contribution >= 0.6 is 11.6 Å². The van der Waals surface area contributed by atoms with E-state index in [0.717, 1.165) is 32.5 Å². The lowest BCUT2D eigenvalue weighted by Gasteiger charge is -2.26. The van der Waals surface area contributed by atoms with E-state index in [1.54, 1.807) is 24.3 Å². The van der Waals surface area contributed by atoms with Crippen molar-refractivity contribution in [1.29, 1.82) is 0 Å². The number of carbonyl (C=O) groups is 2. The lowest BCUT2D eigenvalue weighted by molar-refractivity contribution is 0.0478. The molecule has 0 aliphatic carbocycles. The average molecular weight is 522 g/mol. The van der Waals surface area contributed by atoms with Crippen LogP contribution in [0.1, 0.15) is 46.9 Å². The lowest BCUT2D eigenvalue weighted by atomic mass is 9.94. The molecule has 196 valence electrons. The molecule has 1 heterocycles. The zero-order valence-corrected chi connectivity index (χ0v) is 21.0. The van der Waals surface area contributed by atoms with Crippen molar-refractivity contribution in [3.63, 3.8) is 0 Å². The summed E-state index contributed by atoms with van der Waals surface area (Å²) >= 11 is 6.14. The van der Waals surface area contributed by atoms with E-state index >= 15 is 0 Å². The Balaban J connectivity index is 1.72. The summed E-state index contributed by atoms with van der Waals surface area (Å²) in [5.74, 6) is -0.418. The number of carboxylic acid groups (broad SMARTS) is 1. The van der Waals surface area contributed by atoms with Crippen LogP contribution in [0.3, 0.4) is 0 Å². The molecule has 4 N–H and O–H groups in total. The molecule has 0 saturated carbocycles. The van der Waals surface area contributed by atoms with E-state index in [2.05, 4.69) is 16.0 Å². The fourth-order valence-electron chi connectivity index (χ4n) is 4.27. The maximum Gasteiger partial charge on any atom is 0.404 e. The van der Waals surface area contributed by atoms with E-state index in [1.165, 1.54) is 18.2 Å². The average Bonchev–Trinajstić information content (AvgIpc) is 2.87. The van der Waals surface area contributed by atoms with E-state index < -0.39 is 18.0 Å². The molecule has 3 rings (SSSR count). The highest BCUT2D eigenvalue weighted by atomic mass is 35.5. The van der Waals surface area contributed by atoms with Crippen molar-refractivity contribution in [2.75, 3.05) is 40.0 Å². The molecule has 8 nitrogen and oxygen atoms in total. The first-order chi connectivity index (χ1) is 17.4. The van der Waals surface area contributed by atoms with Crippen molar-refractivity contribution in [2.24, 2.45) is 5.92 Å². The number of rotatable bonds is 12. The molecule has 1 aliphatic heterocycles. The molecule has 0 spiro atoms. The van der Waals surface area contributed by atoms with E-state index in [-0.39, 0.29) is 30.7 Å². The quantitative estimate of drug-likeness (QED) is 0.314. The second-order valence-electron chi connectivity index (χ2n) is 8.79. The van der Waals surface area contributed by atoms with Crippen LogP contribution in [-0.2, 0) is 9.47 Å². The molecule has 0 radical (unpaired) electrons. The van der Waals surface area contributed by atoms with Gasteiger partial charge in [0.15, 0.2) is 0 Å². The van der Waals surface area contributed by atoms with Crippen molar-refractivity contribution in [2.45, 2.75) is 31.4 Å². The Morgan fingerprint density at radius 1 is 1.25 bits per heavy atom. The molecule has 2 aromatic rings. The number of likely N-dealkylation sites (N-methyl/N-ethyl adjacent to an activating group) is 1. The van der Waals surface area contributed by atoms with Crippen LogP contribution < -0.4 is 16.0 Å². The standard InChI is InChI=1S/C26H33ClFN3O5/c1-29-21(12-17-4-3-10-35-16-17)15-31-25(32)19-7-8-23(28)22(14-19)24(36-11-9-30-26(33)34)18-5-2-6-20(27)13-18/h2,5-8,13-14,17,21,24,29-30H,3-4,9-12,15-16H2,1H3,(H,31,32)(H,33,34)/t17-,21-,24?/m1/s1. The number of hydrogen-bond acceptors (Lipinski definition) is 5. The number of benzene rings is 2. The van der Waals surface area contributed by atoms with Crippen LogP contribution in [0, 0.1) is 11.7 Å². The molecule has 1 aliphatic rings. The van der Waals surface area contributed by atoms with Gasteiger partial charge in [0.2, 0.25) is 0 Å². The van der Waals surface area contributed by atoms with Gasteiger partial charge in [-0.05, 0) is 68.1 Å². The number of amides is 2. The first-order valence-corrected chi connectivity index (χ1v) is 12.4.